The van der Waals surface area contributed by atoms with Gasteiger partial charge in [-0.05, 0) is 13.8 Å². The van der Waals surface area contributed by atoms with E-state index in [2.05, 4.69) is 5.32 Å². The summed E-state index contributed by atoms with van der Waals surface area (Å²) in [6.07, 6.45) is -5.32. The van der Waals surface area contributed by atoms with Crippen LogP contribution in [-0.4, -0.2) is 83.2 Å². The van der Waals surface area contributed by atoms with Crippen molar-refractivity contribution in [2.24, 2.45) is 5.73 Å². The number of nitrogens with one attached hydrogen (secondary N) is 1. The number of aliphatic hydroxyl groups is 3. The summed E-state index contributed by atoms with van der Waals surface area (Å²) in [4.78, 5) is 22.6. The summed E-state index contributed by atoms with van der Waals surface area (Å²) < 4.78 is 15.5. The third-order valence-electron chi connectivity index (χ3n) is 3.54. The molecule has 1 heterocycles. The molecule has 1 aliphatic heterocycles. The van der Waals surface area contributed by atoms with E-state index >= 15 is 0 Å². The van der Waals surface area contributed by atoms with E-state index in [0.717, 1.165) is 0 Å². The molecule has 0 aliphatic carbocycles. The number of hydrogen-bond donors (Lipinski definition) is 5. The second-order valence-electron chi connectivity index (χ2n) is 5.78. The van der Waals surface area contributed by atoms with Crippen LogP contribution in [0.1, 0.15) is 20.8 Å². The van der Waals surface area contributed by atoms with Gasteiger partial charge >= 0.3 is 5.97 Å². The van der Waals surface area contributed by atoms with Crippen molar-refractivity contribution in [1.29, 1.82) is 0 Å². The Kier molecular flexibility index (Phi) is 8.00. The van der Waals surface area contributed by atoms with Gasteiger partial charge in [-0.3, -0.25) is 4.79 Å². The summed E-state index contributed by atoms with van der Waals surface area (Å²) in [5.41, 5.74) is 5.74. The van der Waals surface area contributed by atoms with Gasteiger partial charge in [-0.25, -0.2) is 4.79 Å². The minimum absolute atomic E-state index is 0.139. The van der Waals surface area contributed by atoms with Crippen LogP contribution >= 0.6 is 0 Å². The monoisotopic (exact) mass is 350 g/mol. The first-order chi connectivity index (χ1) is 11.2. The van der Waals surface area contributed by atoms with Crippen LogP contribution in [0.5, 0.6) is 0 Å². The largest absolute Gasteiger partial charge is 0.461 e. The molecular weight excluding hydrogens is 324 g/mol. The molecule has 10 heteroatoms. The molecule has 24 heavy (non-hydrogen) atoms. The minimum Gasteiger partial charge on any atom is -0.461 e. The van der Waals surface area contributed by atoms with Crippen LogP contribution in [-0.2, 0) is 23.8 Å². The number of hydrogen-bond acceptors (Lipinski definition) is 9. The molecule has 0 radical (unpaired) electrons. The van der Waals surface area contributed by atoms with E-state index in [1.807, 2.05) is 0 Å². The van der Waals surface area contributed by atoms with E-state index in [0.29, 0.717) is 0 Å². The molecule has 10 nitrogen and oxygen atoms in total. The molecule has 0 aromatic rings. The number of rotatable bonds is 7. The Morgan fingerprint density at radius 2 is 1.96 bits per heavy atom. The summed E-state index contributed by atoms with van der Waals surface area (Å²) in [5.74, 6) is -0.991. The average Bonchev–Trinajstić information content (AvgIpc) is 2.51. The fourth-order valence-electron chi connectivity index (χ4n) is 2.27. The topological polar surface area (TPSA) is 161 Å². The zero-order valence-corrected chi connectivity index (χ0v) is 13.9. The summed E-state index contributed by atoms with van der Waals surface area (Å²) in [5, 5.41) is 31.3. The first-order valence-electron chi connectivity index (χ1n) is 7.64. The lowest BCUT2D eigenvalue weighted by Crippen LogP contribution is -2.63. The van der Waals surface area contributed by atoms with Gasteiger partial charge in [0.1, 0.15) is 31.0 Å². The first kappa shape index (κ1) is 20.7. The van der Waals surface area contributed by atoms with Gasteiger partial charge in [0.25, 0.3) is 0 Å². The molecule has 6 N–H and O–H groups in total. The van der Waals surface area contributed by atoms with E-state index in [4.69, 9.17) is 25.1 Å². The number of carbonyl (C=O) groups excluding carboxylic acids is 2. The van der Waals surface area contributed by atoms with Gasteiger partial charge in [0, 0.05) is 6.92 Å². The molecule has 0 saturated carbocycles. The van der Waals surface area contributed by atoms with Crippen molar-refractivity contribution in [2.45, 2.75) is 63.6 Å². The number of amides is 1. The average molecular weight is 350 g/mol. The Balaban J connectivity index is 2.52. The highest BCUT2D eigenvalue weighted by Gasteiger charge is 2.44. The number of aliphatic hydroxyl groups excluding tert-OH is 3. The van der Waals surface area contributed by atoms with Crippen molar-refractivity contribution in [2.75, 3.05) is 13.2 Å². The lowest BCUT2D eigenvalue weighted by molar-refractivity contribution is -0.264. The van der Waals surface area contributed by atoms with Gasteiger partial charge in [0.2, 0.25) is 5.91 Å². The second kappa shape index (κ2) is 9.25. The zero-order valence-electron chi connectivity index (χ0n) is 13.9. The molecule has 0 aromatic carbocycles. The molecule has 7 atom stereocenters. The molecule has 1 unspecified atom stereocenters. The Morgan fingerprint density at radius 1 is 1.33 bits per heavy atom. The van der Waals surface area contributed by atoms with Crippen LogP contribution < -0.4 is 11.1 Å². The number of esters is 1. The zero-order chi connectivity index (χ0) is 18.4. The highest BCUT2D eigenvalue weighted by molar-refractivity contribution is 5.82. The third-order valence-corrected chi connectivity index (χ3v) is 3.54. The summed E-state index contributed by atoms with van der Waals surface area (Å²) in [7, 11) is 0. The van der Waals surface area contributed by atoms with Gasteiger partial charge in [-0.15, -0.1) is 0 Å². The first-order valence-corrected chi connectivity index (χ1v) is 7.64. The SMILES string of the molecule is CC(=O)N[C@@H](C)C(=O)OCC(C)O[C@@H]1[C@@H](N)[C@@H](O)O[C@H](CO)[C@H]1O. The Bertz CT molecular complexity index is 435. The van der Waals surface area contributed by atoms with Crippen molar-refractivity contribution in [3.8, 4) is 0 Å². The van der Waals surface area contributed by atoms with Crippen LogP contribution in [0.15, 0.2) is 0 Å². The van der Waals surface area contributed by atoms with E-state index in [1.54, 1.807) is 6.92 Å². The maximum atomic E-state index is 11.7. The Morgan fingerprint density at radius 3 is 2.50 bits per heavy atom. The van der Waals surface area contributed by atoms with Crippen LogP contribution in [0.3, 0.4) is 0 Å². The van der Waals surface area contributed by atoms with E-state index in [9.17, 15) is 19.8 Å². The smallest absolute Gasteiger partial charge is 0.328 e. The van der Waals surface area contributed by atoms with E-state index < -0.39 is 55.4 Å². The molecule has 140 valence electrons. The van der Waals surface area contributed by atoms with Crippen molar-refractivity contribution < 1.29 is 39.1 Å². The molecule has 1 fully saturated rings. The van der Waals surface area contributed by atoms with Gasteiger partial charge in [-0.1, -0.05) is 0 Å². The lowest BCUT2D eigenvalue weighted by atomic mass is 9.97. The fraction of sp³-hybridized carbons (Fsp3) is 0.857. The maximum Gasteiger partial charge on any atom is 0.328 e. The van der Waals surface area contributed by atoms with Gasteiger partial charge < -0.3 is 40.6 Å². The highest BCUT2D eigenvalue weighted by atomic mass is 16.6. The van der Waals surface area contributed by atoms with Gasteiger partial charge in [-0.2, -0.15) is 0 Å². The number of ether oxygens (including phenoxy) is 3. The molecule has 0 spiro atoms. The number of nitrogens with two attached hydrogens (primary N) is 1. The van der Waals surface area contributed by atoms with Crippen LogP contribution in [0, 0.1) is 0 Å². The standard InChI is InChI=1S/C14H26N2O8/c1-6(5-22-13(20)7(2)16-8(3)18)23-12-10(15)14(21)24-9(4-17)11(12)19/h6-7,9-12,14,17,19,21H,4-5,15H2,1-3H3,(H,16,18)/t6?,7-,9+,10+,11+,12+,14-/m0/s1. The van der Waals surface area contributed by atoms with E-state index in [-0.39, 0.29) is 12.5 Å². The maximum absolute atomic E-state index is 11.7. The fourth-order valence-corrected chi connectivity index (χ4v) is 2.27. The van der Waals surface area contributed by atoms with Crippen molar-refractivity contribution in [3.63, 3.8) is 0 Å². The summed E-state index contributed by atoms with van der Waals surface area (Å²) in [6, 6.07) is -1.83. The Hall–Kier alpha value is -1.30. The predicted molar refractivity (Wildman–Crippen MR) is 80.5 cm³/mol. The van der Waals surface area contributed by atoms with Crippen molar-refractivity contribution >= 4 is 11.9 Å². The molecule has 1 amide bonds. The van der Waals surface area contributed by atoms with Crippen molar-refractivity contribution in [3.05, 3.63) is 0 Å². The summed E-state index contributed by atoms with van der Waals surface area (Å²) in [6.45, 7) is 3.70. The van der Waals surface area contributed by atoms with Crippen molar-refractivity contribution in [1.82, 2.24) is 5.32 Å². The molecule has 0 bridgehead atoms. The Labute approximate surface area is 139 Å². The van der Waals surface area contributed by atoms with Crippen LogP contribution in [0.25, 0.3) is 0 Å². The normalized spacial score (nSPS) is 32.7. The van der Waals surface area contributed by atoms with E-state index in [1.165, 1.54) is 13.8 Å². The lowest BCUT2D eigenvalue weighted by Gasteiger charge is -2.41. The minimum atomic E-state index is -1.40. The quantitative estimate of drug-likeness (QED) is 0.306. The van der Waals surface area contributed by atoms with Crippen LogP contribution in [0.2, 0.25) is 0 Å². The summed E-state index contributed by atoms with van der Waals surface area (Å²) >= 11 is 0. The predicted octanol–water partition coefficient (Wildman–Crippen LogP) is -2.77. The van der Waals surface area contributed by atoms with Gasteiger partial charge in [0.05, 0.1) is 18.8 Å². The molecular formula is C14H26N2O8. The molecule has 1 rings (SSSR count). The molecule has 0 aromatic heterocycles. The van der Waals surface area contributed by atoms with Crippen LogP contribution in [0.4, 0.5) is 0 Å². The molecule has 1 saturated heterocycles. The highest BCUT2D eigenvalue weighted by Crippen LogP contribution is 2.22. The number of carbonyl (C=O) groups is 2. The molecule has 1 aliphatic rings. The van der Waals surface area contributed by atoms with Gasteiger partial charge in [0.15, 0.2) is 6.29 Å². The third kappa shape index (κ3) is 5.65. The second-order valence-corrected chi connectivity index (χ2v) is 5.78.